The molecule has 5 nitrogen and oxygen atoms in total. The molecule has 19 heavy (non-hydrogen) atoms. The van der Waals surface area contributed by atoms with Crippen molar-refractivity contribution in [3.63, 3.8) is 0 Å². The molecular formula is C13H23N3O2S. The van der Waals surface area contributed by atoms with Crippen molar-refractivity contribution in [2.45, 2.75) is 50.6 Å². The summed E-state index contributed by atoms with van der Waals surface area (Å²) in [7, 11) is -3.34. The molecule has 2 N–H and O–H groups in total. The van der Waals surface area contributed by atoms with Crippen molar-refractivity contribution in [1.82, 2.24) is 14.6 Å². The van der Waals surface area contributed by atoms with Gasteiger partial charge in [-0.05, 0) is 32.4 Å². The number of nitrogens with zero attached hydrogens (tertiary/aromatic N) is 1. The molecule has 0 bridgehead atoms. The van der Waals surface area contributed by atoms with Crippen LogP contribution >= 0.6 is 0 Å². The lowest BCUT2D eigenvalue weighted by molar-refractivity contribution is 0.268. The molecule has 1 saturated heterocycles. The minimum atomic E-state index is -3.34. The molecule has 1 aliphatic heterocycles. The molecule has 2 heterocycles. The lowest BCUT2D eigenvalue weighted by Gasteiger charge is -2.31. The summed E-state index contributed by atoms with van der Waals surface area (Å²) in [6.07, 6.45) is 4.63. The summed E-state index contributed by atoms with van der Waals surface area (Å²) in [5, 5.41) is 3.18. The standard InChI is InChI=1S/C13H23N3O2S/c1-3-14-9-12-8-13(10-15-12)19(17,18)16-7-5-4-6-11(16)2/h8,10-11,14-15H,3-7,9H2,1-2H3. The van der Waals surface area contributed by atoms with E-state index in [2.05, 4.69) is 10.3 Å². The van der Waals surface area contributed by atoms with Gasteiger partial charge in [-0.2, -0.15) is 4.31 Å². The van der Waals surface area contributed by atoms with Crippen LogP contribution in [0.3, 0.4) is 0 Å². The van der Waals surface area contributed by atoms with Crippen LogP contribution < -0.4 is 5.32 Å². The lowest BCUT2D eigenvalue weighted by Crippen LogP contribution is -2.41. The molecule has 108 valence electrons. The Morgan fingerprint density at radius 3 is 2.95 bits per heavy atom. The Hall–Kier alpha value is -0.850. The van der Waals surface area contributed by atoms with Crippen LogP contribution in [0.2, 0.25) is 0 Å². The quantitative estimate of drug-likeness (QED) is 0.865. The lowest BCUT2D eigenvalue weighted by atomic mass is 10.1. The van der Waals surface area contributed by atoms with Crippen LogP contribution in [-0.4, -0.2) is 36.8 Å². The molecule has 0 aromatic carbocycles. The second-order valence-electron chi connectivity index (χ2n) is 5.10. The molecule has 0 amide bonds. The number of rotatable bonds is 5. The first-order valence-electron chi connectivity index (χ1n) is 6.95. The van der Waals surface area contributed by atoms with Crippen molar-refractivity contribution in [3.05, 3.63) is 18.0 Å². The average molecular weight is 285 g/mol. The van der Waals surface area contributed by atoms with Gasteiger partial charge in [0, 0.05) is 31.0 Å². The van der Waals surface area contributed by atoms with E-state index in [4.69, 9.17) is 0 Å². The smallest absolute Gasteiger partial charge is 0.244 e. The van der Waals surface area contributed by atoms with Crippen LogP contribution in [0.4, 0.5) is 0 Å². The fourth-order valence-corrected chi connectivity index (χ4v) is 4.21. The Labute approximate surface area is 115 Å². The van der Waals surface area contributed by atoms with E-state index in [1.165, 1.54) is 0 Å². The second kappa shape index (κ2) is 6.07. The predicted molar refractivity (Wildman–Crippen MR) is 75.4 cm³/mol. The first kappa shape index (κ1) is 14.6. The van der Waals surface area contributed by atoms with Gasteiger partial charge < -0.3 is 10.3 Å². The van der Waals surface area contributed by atoms with Gasteiger partial charge in [-0.1, -0.05) is 13.3 Å². The Morgan fingerprint density at radius 1 is 1.47 bits per heavy atom. The van der Waals surface area contributed by atoms with E-state index in [1.54, 1.807) is 16.6 Å². The number of nitrogens with one attached hydrogen (secondary N) is 2. The van der Waals surface area contributed by atoms with E-state index in [0.717, 1.165) is 31.5 Å². The Bertz CT molecular complexity index is 510. The first-order valence-corrected chi connectivity index (χ1v) is 8.39. The predicted octanol–water partition coefficient (Wildman–Crippen LogP) is 1.69. The highest BCUT2D eigenvalue weighted by molar-refractivity contribution is 7.89. The third-order valence-corrected chi connectivity index (χ3v) is 5.62. The Kier molecular flexibility index (Phi) is 4.65. The van der Waals surface area contributed by atoms with E-state index < -0.39 is 10.0 Å². The van der Waals surface area contributed by atoms with E-state index in [9.17, 15) is 8.42 Å². The van der Waals surface area contributed by atoms with Crippen LogP contribution in [0, 0.1) is 0 Å². The number of aromatic amines is 1. The fourth-order valence-electron chi connectivity index (χ4n) is 2.49. The van der Waals surface area contributed by atoms with Gasteiger partial charge >= 0.3 is 0 Å². The van der Waals surface area contributed by atoms with Gasteiger partial charge in [0.05, 0.1) is 4.90 Å². The molecule has 1 aromatic heterocycles. The van der Waals surface area contributed by atoms with Crippen LogP contribution in [0.25, 0.3) is 0 Å². The molecule has 0 saturated carbocycles. The van der Waals surface area contributed by atoms with Gasteiger partial charge in [-0.15, -0.1) is 0 Å². The molecule has 1 atom stereocenters. The maximum Gasteiger partial charge on any atom is 0.244 e. The molecule has 6 heteroatoms. The van der Waals surface area contributed by atoms with Crippen molar-refractivity contribution in [2.24, 2.45) is 0 Å². The SMILES string of the molecule is CCNCc1cc(S(=O)(=O)N2CCCCC2C)c[nH]1. The zero-order chi connectivity index (χ0) is 13.9. The number of sulfonamides is 1. The molecule has 0 spiro atoms. The third-order valence-electron chi connectivity index (χ3n) is 3.63. The molecular weight excluding hydrogens is 262 g/mol. The number of H-pyrrole nitrogens is 1. The summed E-state index contributed by atoms with van der Waals surface area (Å²) in [5.74, 6) is 0. The minimum absolute atomic E-state index is 0.103. The summed E-state index contributed by atoms with van der Waals surface area (Å²) in [4.78, 5) is 3.42. The van der Waals surface area contributed by atoms with Crippen molar-refractivity contribution in [3.8, 4) is 0 Å². The van der Waals surface area contributed by atoms with Crippen molar-refractivity contribution in [2.75, 3.05) is 13.1 Å². The largest absolute Gasteiger partial charge is 0.363 e. The summed E-state index contributed by atoms with van der Waals surface area (Å²) >= 11 is 0. The normalized spacial score (nSPS) is 21.7. The molecule has 1 aliphatic rings. The third kappa shape index (κ3) is 3.19. The summed E-state index contributed by atoms with van der Waals surface area (Å²) in [6, 6.07) is 1.84. The first-order chi connectivity index (χ1) is 9.05. The van der Waals surface area contributed by atoms with Crippen molar-refractivity contribution < 1.29 is 8.42 Å². The Morgan fingerprint density at radius 2 is 2.26 bits per heavy atom. The zero-order valence-electron chi connectivity index (χ0n) is 11.6. The molecule has 0 radical (unpaired) electrons. The van der Waals surface area contributed by atoms with Gasteiger partial charge in [0.25, 0.3) is 0 Å². The van der Waals surface area contributed by atoms with E-state index in [-0.39, 0.29) is 6.04 Å². The Balaban J connectivity index is 2.16. The highest BCUT2D eigenvalue weighted by atomic mass is 32.2. The monoisotopic (exact) mass is 285 g/mol. The van der Waals surface area contributed by atoms with E-state index >= 15 is 0 Å². The molecule has 1 unspecified atom stereocenters. The van der Waals surface area contributed by atoms with Gasteiger partial charge in [0.15, 0.2) is 0 Å². The number of hydrogen-bond donors (Lipinski definition) is 2. The van der Waals surface area contributed by atoms with Crippen molar-refractivity contribution >= 4 is 10.0 Å². The second-order valence-corrected chi connectivity index (χ2v) is 6.99. The zero-order valence-corrected chi connectivity index (χ0v) is 12.5. The van der Waals surface area contributed by atoms with Crippen LogP contribution in [0.5, 0.6) is 0 Å². The van der Waals surface area contributed by atoms with E-state index in [1.807, 2.05) is 13.8 Å². The van der Waals surface area contributed by atoms with Crippen molar-refractivity contribution in [1.29, 1.82) is 0 Å². The molecule has 2 rings (SSSR count). The van der Waals surface area contributed by atoms with Gasteiger partial charge in [-0.3, -0.25) is 0 Å². The van der Waals surface area contributed by atoms with Crippen LogP contribution in [0.15, 0.2) is 17.2 Å². The number of hydrogen-bond acceptors (Lipinski definition) is 3. The maximum absolute atomic E-state index is 12.6. The van der Waals surface area contributed by atoms with Gasteiger partial charge in [0.2, 0.25) is 10.0 Å². The summed E-state index contributed by atoms with van der Waals surface area (Å²) < 4.78 is 26.8. The highest BCUT2D eigenvalue weighted by Gasteiger charge is 2.31. The highest BCUT2D eigenvalue weighted by Crippen LogP contribution is 2.25. The van der Waals surface area contributed by atoms with Gasteiger partial charge in [0.1, 0.15) is 0 Å². The van der Waals surface area contributed by atoms with Crippen LogP contribution in [0.1, 0.15) is 38.8 Å². The van der Waals surface area contributed by atoms with E-state index in [0.29, 0.717) is 18.0 Å². The summed E-state index contributed by atoms with van der Waals surface area (Å²) in [5.41, 5.74) is 0.907. The summed E-state index contributed by atoms with van der Waals surface area (Å²) in [6.45, 7) is 6.18. The molecule has 0 aliphatic carbocycles. The number of aromatic nitrogens is 1. The number of piperidine rings is 1. The average Bonchev–Trinajstić information content (AvgIpc) is 2.86. The maximum atomic E-state index is 12.6. The fraction of sp³-hybridized carbons (Fsp3) is 0.692. The van der Waals surface area contributed by atoms with Crippen LogP contribution in [-0.2, 0) is 16.6 Å². The van der Waals surface area contributed by atoms with Gasteiger partial charge in [-0.25, -0.2) is 8.42 Å². The molecule has 1 fully saturated rings. The molecule has 1 aromatic rings. The minimum Gasteiger partial charge on any atom is -0.363 e. The topological polar surface area (TPSA) is 65.2 Å².